The van der Waals surface area contributed by atoms with E-state index in [1.807, 2.05) is 19.1 Å². The molecule has 4 aromatic rings. The molecule has 0 spiro atoms. The molecule has 8 nitrogen and oxygen atoms in total. The Morgan fingerprint density at radius 2 is 1.03 bits per heavy atom. The van der Waals surface area contributed by atoms with E-state index >= 15 is 0 Å². The van der Waals surface area contributed by atoms with Crippen molar-refractivity contribution in [1.29, 1.82) is 0 Å². The highest BCUT2D eigenvalue weighted by molar-refractivity contribution is 8.13. The first-order chi connectivity index (χ1) is 17.7. The summed E-state index contributed by atoms with van der Waals surface area (Å²) in [5, 5.41) is 0. The summed E-state index contributed by atoms with van der Waals surface area (Å²) in [6.45, 7) is 1.95. The smallest absolute Gasteiger partial charge is 0.265 e. The summed E-state index contributed by atoms with van der Waals surface area (Å²) in [5.41, 5.74) is 1.07. The first-order valence-electron chi connectivity index (χ1n) is 10.9. The molecule has 0 aromatic heterocycles. The van der Waals surface area contributed by atoms with E-state index in [1.165, 1.54) is 60.7 Å². The van der Waals surface area contributed by atoms with E-state index in [1.54, 1.807) is 12.1 Å². The minimum atomic E-state index is -4.43. The average molecular weight is 593 g/mol. The van der Waals surface area contributed by atoms with Gasteiger partial charge in [-0.25, -0.2) is 25.3 Å². The van der Waals surface area contributed by atoms with E-state index in [4.69, 9.17) is 20.2 Å². The van der Waals surface area contributed by atoms with Crippen LogP contribution >= 0.6 is 10.7 Å². The molecule has 0 atom stereocenters. The molecule has 0 aliphatic heterocycles. The lowest BCUT2D eigenvalue weighted by Crippen LogP contribution is -2.05. The van der Waals surface area contributed by atoms with Crippen LogP contribution in [0, 0.1) is 6.92 Å². The van der Waals surface area contributed by atoms with E-state index in [0.29, 0.717) is 11.5 Å². The zero-order valence-corrected chi connectivity index (χ0v) is 23.2. The van der Waals surface area contributed by atoms with Crippen molar-refractivity contribution in [1.82, 2.24) is 0 Å². The Balaban J connectivity index is 1.63. The van der Waals surface area contributed by atoms with Crippen LogP contribution in [0.2, 0.25) is 0 Å². The SMILES string of the molecule is Cc1ccc(Oc2ccc(S(=O)(=O)c3ccc(Oc4ccc(S(C)(=O)=O)cc4)c(S(=O)(=O)Cl)c3)cc2)cc1. The van der Waals surface area contributed by atoms with Gasteiger partial charge in [-0.2, -0.15) is 0 Å². The summed E-state index contributed by atoms with van der Waals surface area (Å²) < 4.78 is 85.7. The minimum Gasteiger partial charge on any atom is -0.457 e. The minimum absolute atomic E-state index is 0.0479. The van der Waals surface area contributed by atoms with Crippen LogP contribution in [0.3, 0.4) is 0 Å². The van der Waals surface area contributed by atoms with Crippen LogP contribution < -0.4 is 9.47 Å². The monoisotopic (exact) mass is 592 g/mol. The Morgan fingerprint density at radius 3 is 1.53 bits per heavy atom. The van der Waals surface area contributed by atoms with Gasteiger partial charge in [0.25, 0.3) is 9.05 Å². The number of rotatable bonds is 8. The van der Waals surface area contributed by atoms with E-state index < -0.39 is 33.6 Å². The fourth-order valence-electron chi connectivity index (χ4n) is 3.38. The van der Waals surface area contributed by atoms with Crippen molar-refractivity contribution in [2.24, 2.45) is 0 Å². The van der Waals surface area contributed by atoms with Gasteiger partial charge in [0, 0.05) is 16.9 Å². The number of halogens is 1. The lowest BCUT2D eigenvalue weighted by atomic mass is 10.2. The lowest BCUT2D eigenvalue weighted by molar-refractivity contribution is 0.467. The molecule has 0 fully saturated rings. The molecule has 0 saturated heterocycles. The van der Waals surface area contributed by atoms with Crippen LogP contribution in [0.1, 0.15) is 5.56 Å². The van der Waals surface area contributed by atoms with Crippen LogP contribution in [0.5, 0.6) is 23.0 Å². The topological polar surface area (TPSA) is 121 Å². The van der Waals surface area contributed by atoms with Gasteiger partial charge in [-0.3, -0.25) is 0 Å². The second kappa shape index (κ2) is 10.4. The maximum absolute atomic E-state index is 13.2. The standard InChI is InChI=1S/C26H21ClO8S3/c1-18-3-5-19(6-4-18)34-20-9-13-23(14-10-20)37(30,31)24-15-16-25(26(17-24)38(27,32)33)35-21-7-11-22(12-8-21)36(2,28)29/h3-17H,1-2H3. The summed E-state index contributed by atoms with van der Waals surface area (Å²) in [5.74, 6) is 0.902. The molecule has 0 unspecified atom stereocenters. The van der Waals surface area contributed by atoms with Crippen molar-refractivity contribution >= 4 is 39.4 Å². The number of hydrogen-bond acceptors (Lipinski definition) is 8. The fraction of sp³-hybridized carbons (Fsp3) is 0.0769. The van der Waals surface area contributed by atoms with Gasteiger partial charge in [0.05, 0.1) is 14.7 Å². The van der Waals surface area contributed by atoms with E-state index in [2.05, 4.69) is 0 Å². The van der Waals surface area contributed by atoms with E-state index in [9.17, 15) is 25.3 Å². The maximum Gasteiger partial charge on any atom is 0.265 e. The summed E-state index contributed by atoms with van der Waals surface area (Å²) in [6, 6.07) is 21.6. The Morgan fingerprint density at radius 1 is 0.579 bits per heavy atom. The predicted molar refractivity (Wildman–Crippen MR) is 142 cm³/mol. The number of sulfone groups is 2. The zero-order valence-electron chi connectivity index (χ0n) is 20.0. The second-order valence-corrected chi connectivity index (χ2v) is 14.8. The normalized spacial score (nSPS) is 12.2. The Labute approximate surface area is 225 Å². The van der Waals surface area contributed by atoms with E-state index in [-0.39, 0.29) is 26.2 Å². The molecule has 0 radical (unpaired) electrons. The highest BCUT2D eigenvalue weighted by Gasteiger charge is 2.25. The van der Waals surface area contributed by atoms with Gasteiger partial charge in [-0.05, 0) is 85.8 Å². The Kier molecular flexibility index (Phi) is 7.57. The number of benzene rings is 4. The molecule has 38 heavy (non-hydrogen) atoms. The van der Waals surface area contributed by atoms with Crippen LogP contribution in [0.25, 0.3) is 0 Å². The highest BCUT2D eigenvalue weighted by Crippen LogP contribution is 2.35. The molecule has 0 saturated carbocycles. The van der Waals surface area contributed by atoms with Crippen molar-refractivity contribution < 1.29 is 34.7 Å². The van der Waals surface area contributed by atoms with Crippen LogP contribution in [-0.2, 0) is 28.7 Å². The van der Waals surface area contributed by atoms with Crippen molar-refractivity contribution in [3.05, 3.63) is 96.6 Å². The maximum atomic E-state index is 13.2. The quantitative estimate of drug-likeness (QED) is 0.237. The van der Waals surface area contributed by atoms with Gasteiger partial charge in [-0.1, -0.05) is 17.7 Å². The molecule has 0 N–H and O–H groups in total. The Hall–Kier alpha value is -3.38. The first kappa shape index (κ1) is 27.6. The van der Waals surface area contributed by atoms with Gasteiger partial charge >= 0.3 is 0 Å². The fourth-order valence-corrected chi connectivity index (χ4v) is 6.35. The molecule has 198 valence electrons. The molecule has 0 aliphatic carbocycles. The molecule has 0 amide bonds. The first-order valence-corrected chi connectivity index (χ1v) is 16.6. The molecular weight excluding hydrogens is 572 g/mol. The molecule has 4 aromatic carbocycles. The summed E-state index contributed by atoms with van der Waals surface area (Å²) in [7, 11) is -6.40. The predicted octanol–water partition coefficient (Wildman–Crippen LogP) is 5.74. The van der Waals surface area contributed by atoms with E-state index in [0.717, 1.165) is 17.9 Å². The summed E-state index contributed by atoms with van der Waals surface area (Å²) >= 11 is 0. The van der Waals surface area contributed by atoms with Gasteiger partial charge < -0.3 is 9.47 Å². The number of ether oxygens (including phenoxy) is 2. The molecule has 0 aliphatic rings. The Bertz CT molecular complexity index is 1800. The van der Waals surface area contributed by atoms with Gasteiger partial charge in [0.15, 0.2) is 9.84 Å². The van der Waals surface area contributed by atoms with Gasteiger partial charge in [0.2, 0.25) is 9.84 Å². The third kappa shape index (κ3) is 6.36. The van der Waals surface area contributed by atoms with Crippen molar-refractivity contribution in [3.63, 3.8) is 0 Å². The third-order valence-corrected chi connectivity index (χ3v) is 9.60. The summed E-state index contributed by atoms with van der Waals surface area (Å²) in [4.78, 5) is -0.918. The van der Waals surface area contributed by atoms with Gasteiger partial charge in [0.1, 0.15) is 27.9 Å². The second-order valence-electron chi connectivity index (χ2n) is 8.28. The number of aryl methyl sites for hydroxylation is 1. The molecule has 12 heteroatoms. The largest absolute Gasteiger partial charge is 0.457 e. The summed E-state index contributed by atoms with van der Waals surface area (Å²) in [6.07, 6.45) is 1.05. The van der Waals surface area contributed by atoms with Crippen LogP contribution in [0.4, 0.5) is 0 Å². The third-order valence-electron chi connectivity index (χ3n) is 5.36. The van der Waals surface area contributed by atoms with Crippen molar-refractivity contribution in [2.45, 2.75) is 26.5 Å². The average Bonchev–Trinajstić information content (AvgIpc) is 2.85. The van der Waals surface area contributed by atoms with Crippen LogP contribution in [-0.4, -0.2) is 31.5 Å². The number of hydrogen-bond donors (Lipinski definition) is 0. The van der Waals surface area contributed by atoms with Crippen LogP contribution in [0.15, 0.2) is 111 Å². The van der Waals surface area contributed by atoms with Gasteiger partial charge in [-0.15, -0.1) is 0 Å². The van der Waals surface area contributed by atoms with Crippen molar-refractivity contribution in [3.8, 4) is 23.0 Å². The lowest BCUT2D eigenvalue weighted by Gasteiger charge is -2.12. The molecular formula is C26H21ClO8S3. The zero-order chi connectivity index (χ0) is 27.7. The molecule has 0 heterocycles. The molecule has 0 bridgehead atoms. The highest BCUT2D eigenvalue weighted by atomic mass is 35.7. The molecule has 4 rings (SSSR count). The van der Waals surface area contributed by atoms with Crippen molar-refractivity contribution in [2.75, 3.05) is 6.26 Å².